The monoisotopic (exact) mass is 279 g/mol. The van der Waals surface area contributed by atoms with Gasteiger partial charge in [-0.2, -0.15) is 0 Å². The van der Waals surface area contributed by atoms with Gasteiger partial charge in [-0.05, 0) is 31.0 Å². The molecule has 0 aromatic heterocycles. The zero-order chi connectivity index (χ0) is 15.0. The molecule has 0 fully saturated rings. The van der Waals surface area contributed by atoms with Crippen LogP contribution in [0.5, 0.6) is 5.75 Å². The summed E-state index contributed by atoms with van der Waals surface area (Å²) >= 11 is 0. The number of phenols is 1. The van der Waals surface area contributed by atoms with E-state index in [1.807, 2.05) is 6.92 Å². The maximum Gasteiger partial charge on any atom is 0.237 e. The number of nitrogens with one attached hydrogen (secondary N) is 2. The molecule has 0 unspecified atom stereocenters. The van der Waals surface area contributed by atoms with E-state index in [9.17, 15) is 9.59 Å². The Labute approximate surface area is 118 Å². The third-order valence-electron chi connectivity index (χ3n) is 2.75. The number of aromatic hydroxyl groups is 1. The molecule has 1 rings (SSSR count). The molecule has 2 amide bonds. The molecule has 0 saturated carbocycles. The lowest BCUT2D eigenvalue weighted by Gasteiger charge is -2.12. The molecule has 0 aliphatic carbocycles. The predicted molar refractivity (Wildman–Crippen MR) is 76.1 cm³/mol. The van der Waals surface area contributed by atoms with Crippen LogP contribution < -0.4 is 16.4 Å². The largest absolute Gasteiger partial charge is 0.508 e. The summed E-state index contributed by atoms with van der Waals surface area (Å²) in [6, 6.07) is 5.87. The quantitative estimate of drug-likeness (QED) is 0.559. The van der Waals surface area contributed by atoms with E-state index in [0.29, 0.717) is 13.0 Å². The molecule has 0 radical (unpaired) electrons. The summed E-state index contributed by atoms with van der Waals surface area (Å²) in [5.41, 5.74) is 6.66. The highest BCUT2D eigenvalue weighted by atomic mass is 16.3. The second-order valence-corrected chi connectivity index (χ2v) is 4.47. The van der Waals surface area contributed by atoms with Crippen molar-refractivity contribution in [2.75, 3.05) is 13.1 Å². The van der Waals surface area contributed by atoms with Crippen LogP contribution in [-0.2, 0) is 16.0 Å². The fourth-order valence-corrected chi connectivity index (χ4v) is 1.69. The van der Waals surface area contributed by atoms with Gasteiger partial charge in [0.25, 0.3) is 0 Å². The van der Waals surface area contributed by atoms with Gasteiger partial charge in [0.1, 0.15) is 5.75 Å². The molecule has 0 aliphatic rings. The van der Waals surface area contributed by atoms with Gasteiger partial charge in [-0.1, -0.05) is 12.1 Å². The zero-order valence-corrected chi connectivity index (χ0v) is 11.6. The third kappa shape index (κ3) is 5.71. The van der Waals surface area contributed by atoms with Crippen LogP contribution in [0.3, 0.4) is 0 Å². The first-order chi connectivity index (χ1) is 9.52. The number of hydrogen-bond donors (Lipinski definition) is 4. The Balaban J connectivity index is 2.32. The van der Waals surface area contributed by atoms with Gasteiger partial charge in [0, 0.05) is 19.5 Å². The smallest absolute Gasteiger partial charge is 0.237 e. The summed E-state index contributed by atoms with van der Waals surface area (Å²) in [6.45, 7) is 2.69. The van der Waals surface area contributed by atoms with Gasteiger partial charge in [0.05, 0.1) is 6.04 Å². The summed E-state index contributed by atoms with van der Waals surface area (Å²) in [5, 5.41) is 14.4. The number of hydrogen-bond acceptors (Lipinski definition) is 4. The molecule has 0 spiro atoms. The lowest BCUT2D eigenvalue weighted by molar-refractivity contribution is -0.123. The molecule has 5 N–H and O–H groups in total. The fraction of sp³-hybridized carbons (Fsp3) is 0.429. The summed E-state index contributed by atoms with van der Waals surface area (Å²) in [6.07, 6.45) is 0.624. The number of carbonyl (C=O) groups is 2. The summed E-state index contributed by atoms with van der Waals surface area (Å²) in [7, 11) is 0. The summed E-state index contributed by atoms with van der Waals surface area (Å²) in [4.78, 5) is 22.9. The van der Waals surface area contributed by atoms with Crippen molar-refractivity contribution in [1.82, 2.24) is 10.6 Å². The molecular weight excluding hydrogens is 258 g/mol. The van der Waals surface area contributed by atoms with E-state index >= 15 is 0 Å². The predicted octanol–water partition coefficient (Wildman–Crippen LogP) is -0.0956. The molecule has 20 heavy (non-hydrogen) atoms. The SMILES string of the molecule is CCNC(=O)CCNC(=O)[C@@H](N)Cc1ccc(O)cc1. The molecule has 6 heteroatoms. The minimum Gasteiger partial charge on any atom is -0.508 e. The second-order valence-electron chi connectivity index (χ2n) is 4.47. The standard InChI is InChI=1S/C14H21N3O3/c1-2-16-13(19)7-8-17-14(20)12(15)9-10-3-5-11(18)6-4-10/h3-6,12,18H,2,7-9,15H2,1H3,(H,16,19)(H,17,20)/t12-/m0/s1. The Morgan fingerprint density at radius 2 is 1.90 bits per heavy atom. The van der Waals surface area contributed by atoms with Gasteiger partial charge in [-0.15, -0.1) is 0 Å². The van der Waals surface area contributed by atoms with E-state index in [4.69, 9.17) is 10.8 Å². The molecule has 0 bridgehead atoms. The van der Waals surface area contributed by atoms with E-state index in [0.717, 1.165) is 5.56 Å². The van der Waals surface area contributed by atoms with Crippen LogP contribution in [0, 0.1) is 0 Å². The van der Waals surface area contributed by atoms with Crippen molar-refractivity contribution in [1.29, 1.82) is 0 Å². The lowest BCUT2D eigenvalue weighted by Crippen LogP contribution is -2.43. The first kappa shape index (κ1) is 16.0. The Bertz CT molecular complexity index is 445. The molecule has 1 aromatic carbocycles. The highest BCUT2D eigenvalue weighted by Gasteiger charge is 2.14. The lowest BCUT2D eigenvalue weighted by atomic mass is 10.1. The highest BCUT2D eigenvalue weighted by Crippen LogP contribution is 2.10. The van der Waals surface area contributed by atoms with Gasteiger partial charge < -0.3 is 21.5 Å². The van der Waals surface area contributed by atoms with Crippen molar-refractivity contribution in [3.63, 3.8) is 0 Å². The number of phenolic OH excluding ortho intramolecular Hbond substituents is 1. The van der Waals surface area contributed by atoms with Gasteiger partial charge >= 0.3 is 0 Å². The minimum absolute atomic E-state index is 0.0973. The first-order valence-electron chi connectivity index (χ1n) is 6.60. The number of carbonyl (C=O) groups excluding carboxylic acids is 2. The number of nitrogens with two attached hydrogens (primary N) is 1. The molecule has 1 aromatic rings. The van der Waals surface area contributed by atoms with Crippen LogP contribution in [0.2, 0.25) is 0 Å². The maximum atomic E-state index is 11.7. The van der Waals surface area contributed by atoms with E-state index in [1.54, 1.807) is 24.3 Å². The van der Waals surface area contributed by atoms with Crippen LogP contribution in [-0.4, -0.2) is 36.1 Å². The van der Waals surface area contributed by atoms with Crippen molar-refractivity contribution in [2.45, 2.75) is 25.8 Å². The number of benzene rings is 1. The molecule has 0 saturated heterocycles. The van der Waals surface area contributed by atoms with Gasteiger partial charge in [-0.25, -0.2) is 0 Å². The van der Waals surface area contributed by atoms with Crippen LogP contribution in [0.15, 0.2) is 24.3 Å². The molecule has 0 aliphatic heterocycles. The fourth-order valence-electron chi connectivity index (χ4n) is 1.69. The van der Waals surface area contributed by atoms with Gasteiger partial charge in [-0.3, -0.25) is 9.59 Å². The number of amides is 2. The van der Waals surface area contributed by atoms with E-state index < -0.39 is 6.04 Å². The molecule has 110 valence electrons. The second kappa shape index (κ2) is 8.16. The van der Waals surface area contributed by atoms with Crippen molar-refractivity contribution in [3.05, 3.63) is 29.8 Å². The molecule has 0 heterocycles. The Hall–Kier alpha value is -2.08. The van der Waals surface area contributed by atoms with Crippen molar-refractivity contribution in [2.24, 2.45) is 5.73 Å². The van der Waals surface area contributed by atoms with Crippen LogP contribution >= 0.6 is 0 Å². The molecule has 1 atom stereocenters. The zero-order valence-electron chi connectivity index (χ0n) is 11.6. The third-order valence-corrected chi connectivity index (χ3v) is 2.75. The highest BCUT2D eigenvalue weighted by molar-refractivity contribution is 5.82. The van der Waals surface area contributed by atoms with E-state index in [-0.39, 0.29) is 30.5 Å². The minimum atomic E-state index is -0.672. The van der Waals surface area contributed by atoms with E-state index in [2.05, 4.69) is 10.6 Å². The molecule has 6 nitrogen and oxygen atoms in total. The van der Waals surface area contributed by atoms with Crippen molar-refractivity contribution < 1.29 is 14.7 Å². The average molecular weight is 279 g/mol. The Morgan fingerprint density at radius 1 is 1.25 bits per heavy atom. The average Bonchev–Trinajstić information content (AvgIpc) is 2.41. The van der Waals surface area contributed by atoms with Crippen molar-refractivity contribution >= 4 is 11.8 Å². The van der Waals surface area contributed by atoms with Gasteiger partial charge in [0.15, 0.2) is 0 Å². The van der Waals surface area contributed by atoms with Crippen LogP contribution in [0.1, 0.15) is 18.9 Å². The normalized spacial score (nSPS) is 11.7. The van der Waals surface area contributed by atoms with Gasteiger partial charge in [0.2, 0.25) is 11.8 Å². The topological polar surface area (TPSA) is 104 Å². The van der Waals surface area contributed by atoms with Crippen LogP contribution in [0.25, 0.3) is 0 Å². The number of rotatable bonds is 7. The summed E-state index contributed by atoms with van der Waals surface area (Å²) < 4.78 is 0. The Morgan fingerprint density at radius 3 is 2.50 bits per heavy atom. The summed E-state index contributed by atoms with van der Waals surface area (Å²) in [5.74, 6) is -0.212. The molecular formula is C14H21N3O3. The maximum absolute atomic E-state index is 11.7. The Kier molecular flexibility index (Phi) is 6.52. The van der Waals surface area contributed by atoms with Crippen molar-refractivity contribution in [3.8, 4) is 5.75 Å². The van der Waals surface area contributed by atoms with E-state index in [1.165, 1.54) is 0 Å². The first-order valence-corrected chi connectivity index (χ1v) is 6.60. The van der Waals surface area contributed by atoms with Crippen LogP contribution in [0.4, 0.5) is 0 Å².